The van der Waals surface area contributed by atoms with Crippen molar-refractivity contribution in [2.75, 3.05) is 30.1 Å². The zero-order chi connectivity index (χ0) is 23.8. The number of aromatic nitrogens is 1. The average molecular weight is 509 g/mol. The van der Waals surface area contributed by atoms with Crippen molar-refractivity contribution in [1.29, 1.82) is 0 Å². The Kier molecular flexibility index (Phi) is 6.59. The lowest BCUT2D eigenvalue weighted by Gasteiger charge is -2.23. The fourth-order valence-corrected chi connectivity index (χ4v) is 6.28. The summed E-state index contributed by atoms with van der Waals surface area (Å²) in [5.41, 5.74) is 0.813. The molecule has 0 spiro atoms. The van der Waals surface area contributed by atoms with Crippen LogP contribution in [0.15, 0.2) is 52.3 Å². The fourth-order valence-electron chi connectivity index (χ4n) is 3.62. The van der Waals surface area contributed by atoms with Crippen LogP contribution >= 0.6 is 11.3 Å². The van der Waals surface area contributed by atoms with Gasteiger partial charge in [0.2, 0.25) is 0 Å². The number of sulfone groups is 2. The molecule has 0 bridgehead atoms. The Morgan fingerprint density at radius 3 is 2.61 bits per heavy atom. The van der Waals surface area contributed by atoms with E-state index in [-0.39, 0.29) is 39.7 Å². The number of carbonyl (C=O) groups excluding carboxylic acids is 1. The summed E-state index contributed by atoms with van der Waals surface area (Å²) in [4.78, 5) is 19.9. The third-order valence-electron chi connectivity index (χ3n) is 5.48. The summed E-state index contributed by atoms with van der Waals surface area (Å²) in [7, 11) is -6.85. The summed E-state index contributed by atoms with van der Waals surface area (Å²) in [5, 5.41) is 0.403. The highest BCUT2D eigenvalue weighted by atomic mass is 32.2. The lowest BCUT2D eigenvalue weighted by Crippen LogP contribution is -2.37. The quantitative estimate of drug-likeness (QED) is 0.481. The molecular formula is C22H24N2O6S3. The number of anilines is 1. The lowest BCUT2D eigenvalue weighted by molar-refractivity contribution is 0.0917. The second-order valence-corrected chi connectivity index (χ2v) is 13.2. The number of benzene rings is 2. The van der Waals surface area contributed by atoms with Crippen LogP contribution in [0.1, 0.15) is 30.1 Å². The Balaban J connectivity index is 1.76. The molecular weight excluding hydrogens is 484 g/mol. The lowest BCUT2D eigenvalue weighted by atomic mass is 10.2. The summed E-state index contributed by atoms with van der Waals surface area (Å²) < 4.78 is 54.9. The summed E-state index contributed by atoms with van der Waals surface area (Å²) in [5.74, 6) is -0.453. The smallest absolute Gasteiger partial charge is 0.260 e. The highest BCUT2D eigenvalue weighted by Gasteiger charge is 2.28. The predicted octanol–water partition coefficient (Wildman–Crippen LogP) is 3.32. The van der Waals surface area contributed by atoms with Gasteiger partial charge in [0.15, 0.2) is 24.8 Å². The molecule has 0 aliphatic carbocycles. The van der Waals surface area contributed by atoms with Crippen LogP contribution in [0.25, 0.3) is 10.2 Å². The van der Waals surface area contributed by atoms with Gasteiger partial charge < -0.3 is 4.74 Å². The molecule has 1 atom stereocenters. The fraction of sp³-hybridized carbons (Fsp3) is 0.364. The highest BCUT2D eigenvalue weighted by Crippen LogP contribution is 2.32. The van der Waals surface area contributed by atoms with E-state index in [2.05, 4.69) is 4.98 Å². The molecule has 33 heavy (non-hydrogen) atoms. The molecule has 1 fully saturated rings. The van der Waals surface area contributed by atoms with Crippen molar-refractivity contribution < 1.29 is 26.4 Å². The van der Waals surface area contributed by atoms with Gasteiger partial charge in [-0.25, -0.2) is 21.8 Å². The molecule has 4 rings (SSSR count). The maximum Gasteiger partial charge on any atom is 0.260 e. The number of hydrogen-bond acceptors (Lipinski definition) is 8. The number of ether oxygens (including phenoxy) is 1. The largest absolute Gasteiger partial charge is 0.376 e. The van der Waals surface area contributed by atoms with Crippen molar-refractivity contribution >= 4 is 52.3 Å². The topological polar surface area (TPSA) is 111 Å². The Morgan fingerprint density at radius 1 is 1.15 bits per heavy atom. The molecule has 0 saturated carbocycles. The maximum atomic E-state index is 13.5. The Bertz CT molecular complexity index is 1410. The molecule has 11 heteroatoms. The Morgan fingerprint density at radius 2 is 1.94 bits per heavy atom. The van der Waals surface area contributed by atoms with Crippen molar-refractivity contribution in [2.24, 2.45) is 0 Å². The molecule has 1 unspecified atom stereocenters. The Hall–Kier alpha value is -2.34. The molecule has 1 aliphatic heterocycles. The van der Waals surface area contributed by atoms with Gasteiger partial charge in [0.05, 0.1) is 38.4 Å². The van der Waals surface area contributed by atoms with Crippen molar-refractivity contribution in [3.63, 3.8) is 0 Å². The minimum absolute atomic E-state index is 0.0647. The van der Waals surface area contributed by atoms with Crippen LogP contribution in [0.3, 0.4) is 0 Å². The van der Waals surface area contributed by atoms with E-state index >= 15 is 0 Å². The van der Waals surface area contributed by atoms with E-state index in [1.165, 1.54) is 34.4 Å². The van der Waals surface area contributed by atoms with Crippen molar-refractivity contribution in [3.8, 4) is 0 Å². The molecule has 0 N–H and O–H groups in total. The van der Waals surface area contributed by atoms with Gasteiger partial charge in [0.1, 0.15) is 0 Å². The van der Waals surface area contributed by atoms with E-state index in [4.69, 9.17) is 4.74 Å². The number of carbonyl (C=O) groups is 1. The SMILES string of the molecule is CCS(=O)(=O)c1cccc(C(=O)N(CC2CCCO2)c2nc3ccc(S(C)(=O)=O)cc3s2)c1. The number of hydrogen-bond donors (Lipinski definition) is 0. The zero-order valence-corrected chi connectivity index (χ0v) is 20.7. The van der Waals surface area contributed by atoms with Crippen LogP contribution in [-0.2, 0) is 24.4 Å². The van der Waals surface area contributed by atoms with E-state index < -0.39 is 19.7 Å². The van der Waals surface area contributed by atoms with Crippen LogP contribution in [0, 0.1) is 0 Å². The van der Waals surface area contributed by atoms with Gasteiger partial charge in [-0.15, -0.1) is 0 Å². The highest BCUT2D eigenvalue weighted by molar-refractivity contribution is 7.91. The number of rotatable bonds is 7. The number of amides is 1. The third kappa shape index (κ3) is 5.11. The standard InChI is InChI=1S/C22H24N2O6S3/c1-3-33(28,29)18-8-4-6-15(12-18)21(25)24(14-16-7-5-11-30-16)22-23-19-10-9-17(32(2,26)27)13-20(19)31-22/h4,6,8-10,12-13,16H,3,5,7,11,14H2,1-2H3. The van der Waals surface area contributed by atoms with Gasteiger partial charge in [-0.2, -0.15) is 0 Å². The van der Waals surface area contributed by atoms with E-state index in [0.29, 0.717) is 22.0 Å². The van der Waals surface area contributed by atoms with Crippen LogP contribution in [0.5, 0.6) is 0 Å². The minimum Gasteiger partial charge on any atom is -0.376 e. The Labute approximate surface area is 197 Å². The van der Waals surface area contributed by atoms with E-state index in [1.807, 2.05) is 0 Å². The van der Waals surface area contributed by atoms with Crippen LogP contribution in [0.2, 0.25) is 0 Å². The van der Waals surface area contributed by atoms with Gasteiger partial charge in [-0.1, -0.05) is 24.3 Å². The van der Waals surface area contributed by atoms with Gasteiger partial charge >= 0.3 is 0 Å². The monoisotopic (exact) mass is 508 g/mol. The van der Waals surface area contributed by atoms with E-state index in [9.17, 15) is 21.6 Å². The van der Waals surface area contributed by atoms with Crippen LogP contribution in [-0.4, -0.2) is 59.0 Å². The van der Waals surface area contributed by atoms with E-state index in [1.54, 1.807) is 31.2 Å². The number of nitrogens with zero attached hydrogens (tertiary/aromatic N) is 2. The predicted molar refractivity (Wildman–Crippen MR) is 128 cm³/mol. The van der Waals surface area contributed by atoms with Gasteiger partial charge in [0, 0.05) is 18.4 Å². The molecule has 3 aromatic rings. The first kappa shape index (κ1) is 23.8. The molecule has 1 aromatic heterocycles. The van der Waals surface area contributed by atoms with E-state index in [0.717, 1.165) is 19.1 Å². The summed E-state index contributed by atoms with van der Waals surface area (Å²) in [6.45, 7) is 2.44. The van der Waals surface area contributed by atoms with Gasteiger partial charge in [-0.3, -0.25) is 9.69 Å². The van der Waals surface area contributed by atoms with Crippen LogP contribution in [0.4, 0.5) is 5.13 Å². The molecule has 1 amide bonds. The molecule has 1 aliphatic rings. The normalized spacial score (nSPS) is 16.8. The molecule has 8 nitrogen and oxygen atoms in total. The summed E-state index contributed by atoms with van der Waals surface area (Å²) in [6.07, 6.45) is 2.68. The number of thiazole rings is 1. The van der Waals surface area contributed by atoms with Crippen molar-refractivity contribution in [2.45, 2.75) is 35.7 Å². The van der Waals surface area contributed by atoms with Gasteiger partial charge in [-0.05, 0) is 49.2 Å². The molecule has 176 valence electrons. The van der Waals surface area contributed by atoms with Gasteiger partial charge in [0.25, 0.3) is 5.91 Å². The second kappa shape index (κ2) is 9.13. The average Bonchev–Trinajstić information content (AvgIpc) is 3.45. The van der Waals surface area contributed by atoms with Crippen molar-refractivity contribution in [1.82, 2.24) is 4.98 Å². The molecule has 0 radical (unpaired) electrons. The number of fused-ring (bicyclic) bond motifs is 1. The third-order valence-corrected chi connectivity index (χ3v) is 9.37. The first-order valence-corrected chi connectivity index (χ1v) is 14.8. The van der Waals surface area contributed by atoms with Crippen molar-refractivity contribution in [3.05, 3.63) is 48.0 Å². The van der Waals surface area contributed by atoms with Crippen LogP contribution < -0.4 is 4.90 Å². The summed E-state index contributed by atoms with van der Waals surface area (Å²) in [6, 6.07) is 10.7. The molecule has 2 heterocycles. The first-order chi connectivity index (χ1) is 15.6. The molecule has 1 saturated heterocycles. The summed E-state index contributed by atoms with van der Waals surface area (Å²) >= 11 is 1.21. The minimum atomic E-state index is -3.47. The molecule has 2 aromatic carbocycles. The zero-order valence-electron chi connectivity index (χ0n) is 18.2. The first-order valence-electron chi connectivity index (χ1n) is 10.5. The maximum absolute atomic E-state index is 13.5. The second-order valence-electron chi connectivity index (χ2n) is 7.88.